The molecule has 0 bridgehead atoms. The van der Waals surface area contributed by atoms with Crippen molar-refractivity contribution in [3.05, 3.63) is 51.1 Å². The number of aromatic nitrogens is 1. The molecule has 1 aliphatic rings. The topological polar surface area (TPSA) is 63.2 Å². The van der Waals surface area contributed by atoms with Crippen molar-refractivity contribution in [1.29, 1.82) is 0 Å². The second-order valence-corrected chi connectivity index (χ2v) is 8.65. The Hall–Kier alpha value is -1.63. The van der Waals surface area contributed by atoms with Crippen molar-refractivity contribution < 1.29 is 9.53 Å². The summed E-state index contributed by atoms with van der Waals surface area (Å²) in [5.74, 6) is 1.26. The highest BCUT2D eigenvalue weighted by Gasteiger charge is 2.19. The van der Waals surface area contributed by atoms with Gasteiger partial charge in [0.05, 0.1) is 16.3 Å². The minimum atomic E-state index is -0.0732. The lowest BCUT2D eigenvalue weighted by Gasteiger charge is -2.22. The van der Waals surface area contributed by atoms with Crippen molar-refractivity contribution in [2.24, 2.45) is 5.92 Å². The van der Waals surface area contributed by atoms with Crippen molar-refractivity contribution in [3.63, 3.8) is 0 Å². The van der Waals surface area contributed by atoms with Gasteiger partial charge in [-0.05, 0) is 54.5 Å². The van der Waals surface area contributed by atoms with E-state index in [2.05, 4.69) is 45.4 Å². The van der Waals surface area contributed by atoms with E-state index in [1.165, 1.54) is 0 Å². The first-order valence-electron chi connectivity index (χ1n) is 9.52. The van der Waals surface area contributed by atoms with Gasteiger partial charge in [0.1, 0.15) is 5.82 Å². The zero-order valence-corrected chi connectivity index (χ0v) is 18.4. The summed E-state index contributed by atoms with van der Waals surface area (Å²) in [5.41, 5.74) is 2.34. The fourth-order valence-electron chi connectivity index (χ4n) is 3.22. The van der Waals surface area contributed by atoms with E-state index in [0.29, 0.717) is 28.9 Å². The number of rotatable bonds is 6. The first kappa shape index (κ1) is 21.1. The molecule has 0 unspecified atom stereocenters. The number of carbonyl (C=O) groups is 1. The number of ether oxygens (including phenoxy) is 1. The van der Waals surface area contributed by atoms with E-state index in [0.717, 1.165) is 41.8 Å². The summed E-state index contributed by atoms with van der Waals surface area (Å²) in [4.78, 5) is 17.2. The molecule has 2 N–H and O–H groups in total. The monoisotopic (exact) mass is 465 g/mol. The minimum Gasteiger partial charge on any atom is -0.381 e. The Morgan fingerprint density at radius 3 is 2.75 bits per heavy atom. The summed E-state index contributed by atoms with van der Waals surface area (Å²) in [6.07, 6.45) is 3.63. The third-order valence-corrected chi connectivity index (χ3v) is 5.69. The molecule has 1 aromatic carbocycles. The molecule has 5 nitrogen and oxygen atoms in total. The Balaban J connectivity index is 1.73. The molecule has 1 fully saturated rings. The van der Waals surface area contributed by atoms with Gasteiger partial charge in [0.25, 0.3) is 5.91 Å². The maximum Gasteiger partial charge on any atom is 0.253 e. The van der Waals surface area contributed by atoms with Crippen LogP contribution < -0.4 is 10.6 Å². The van der Waals surface area contributed by atoms with E-state index in [9.17, 15) is 4.79 Å². The highest BCUT2D eigenvalue weighted by atomic mass is 79.9. The molecule has 3 rings (SSSR count). The number of carbonyl (C=O) groups excluding carboxylic acids is 1. The number of pyridine rings is 1. The Labute approximate surface area is 179 Å². The summed E-state index contributed by atoms with van der Waals surface area (Å²) < 4.78 is 6.29. The average Bonchev–Trinajstić information content (AvgIpc) is 2.69. The van der Waals surface area contributed by atoms with Crippen molar-refractivity contribution in [2.75, 3.05) is 25.1 Å². The molecule has 2 aromatic rings. The molecule has 1 saturated heterocycles. The van der Waals surface area contributed by atoms with E-state index in [1.807, 2.05) is 24.3 Å². The molecule has 0 aliphatic carbocycles. The number of nitrogens with one attached hydrogen (secondary N) is 2. The standard InChI is InChI=1S/C21H25BrClN3O2/c1-13(2)16-10-20(26-19-4-3-15(22)9-18(19)23)24-12-17(16)21(27)25-11-14-5-7-28-8-6-14/h3-4,9-10,12-14H,5-8,11H2,1-2H3,(H,24,26)(H,25,27). The zero-order valence-electron chi connectivity index (χ0n) is 16.1. The zero-order chi connectivity index (χ0) is 20.1. The third kappa shape index (κ3) is 5.46. The minimum absolute atomic E-state index is 0.0732. The predicted molar refractivity (Wildman–Crippen MR) is 117 cm³/mol. The molecule has 2 heterocycles. The summed E-state index contributed by atoms with van der Waals surface area (Å²) in [7, 11) is 0. The SMILES string of the molecule is CC(C)c1cc(Nc2ccc(Br)cc2Cl)ncc1C(=O)NCC1CCOCC1. The lowest BCUT2D eigenvalue weighted by Crippen LogP contribution is -2.32. The Morgan fingerprint density at radius 1 is 1.32 bits per heavy atom. The van der Waals surface area contributed by atoms with Crippen LogP contribution in [0.2, 0.25) is 5.02 Å². The Kier molecular flexibility index (Phi) is 7.32. The van der Waals surface area contributed by atoms with Gasteiger partial charge in [0, 0.05) is 30.4 Å². The first-order chi connectivity index (χ1) is 13.4. The van der Waals surface area contributed by atoms with E-state index in [4.69, 9.17) is 16.3 Å². The second kappa shape index (κ2) is 9.72. The summed E-state index contributed by atoms with van der Waals surface area (Å²) in [6.45, 7) is 6.37. The highest BCUT2D eigenvalue weighted by Crippen LogP contribution is 2.29. The molecular formula is C21H25BrClN3O2. The fraction of sp³-hybridized carbons (Fsp3) is 0.429. The van der Waals surface area contributed by atoms with Crippen LogP contribution in [0.3, 0.4) is 0 Å². The van der Waals surface area contributed by atoms with Gasteiger partial charge in [-0.15, -0.1) is 0 Å². The number of nitrogens with zero attached hydrogens (tertiary/aromatic N) is 1. The van der Waals surface area contributed by atoms with Crippen LogP contribution >= 0.6 is 27.5 Å². The van der Waals surface area contributed by atoms with Crippen LogP contribution in [0.1, 0.15) is 48.5 Å². The average molecular weight is 467 g/mol. The van der Waals surface area contributed by atoms with Crippen LogP contribution in [0.25, 0.3) is 0 Å². The van der Waals surface area contributed by atoms with Crippen molar-refractivity contribution in [2.45, 2.75) is 32.6 Å². The van der Waals surface area contributed by atoms with Crippen LogP contribution in [-0.4, -0.2) is 30.6 Å². The number of anilines is 2. The van der Waals surface area contributed by atoms with Gasteiger partial charge in [0.15, 0.2) is 0 Å². The molecule has 28 heavy (non-hydrogen) atoms. The smallest absolute Gasteiger partial charge is 0.253 e. The number of hydrogen-bond donors (Lipinski definition) is 2. The quantitative estimate of drug-likeness (QED) is 0.588. The molecule has 150 valence electrons. The summed E-state index contributed by atoms with van der Waals surface area (Å²) in [6, 6.07) is 7.55. The maximum absolute atomic E-state index is 12.7. The Bertz CT molecular complexity index is 838. The number of amides is 1. The number of benzene rings is 1. The van der Waals surface area contributed by atoms with Crippen LogP contribution in [0.15, 0.2) is 34.9 Å². The van der Waals surface area contributed by atoms with Gasteiger partial charge >= 0.3 is 0 Å². The largest absolute Gasteiger partial charge is 0.381 e. The fourth-order valence-corrected chi connectivity index (χ4v) is 3.94. The second-order valence-electron chi connectivity index (χ2n) is 7.33. The summed E-state index contributed by atoms with van der Waals surface area (Å²) in [5, 5.41) is 6.90. The maximum atomic E-state index is 12.7. The van der Waals surface area contributed by atoms with Crippen LogP contribution in [0, 0.1) is 5.92 Å². The highest BCUT2D eigenvalue weighted by molar-refractivity contribution is 9.10. The first-order valence-corrected chi connectivity index (χ1v) is 10.7. The molecule has 1 aromatic heterocycles. The van der Waals surface area contributed by atoms with Crippen LogP contribution in [0.5, 0.6) is 0 Å². The van der Waals surface area contributed by atoms with Gasteiger partial charge in [0.2, 0.25) is 0 Å². The number of halogens is 2. The molecule has 0 saturated carbocycles. The third-order valence-electron chi connectivity index (χ3n) is 4.89. The molecule has 0 spiro atoms. The van der Waals surface area contributed by atoms with Gasteiger partial charge in [-0.1, -0.05) is 41.4 Å². The molecule has 1 amide bonds. The van der Waals surface area contributed by atoms with Gasteiger partial charge < -0.3 is 15.4 Å². The molecule has 0 atom stereocenters. The summed E-state index contributed by atoms with van der Waals surface area (Å²) >= 11 is 9.69. The molecule has 7 heteroatoms. The lowest BCUT2D eigenvalue weighted by molar-refractivity contribution is 0.0642. The van der Waals surface area contributed by atoms with E-state index in [-0.39, 0.29) is 11.8 Å². The van der Waals surface area contributed by atoms with Crippen molar-refractivity contribution in [1.82, 2.24) is 10.3 Å². The van der Waals surface area contributed by atoms with E-state index in [1.54, 1.807) is 6.20 Å². The molecular weight excluding hydrogens is 442 g/mol. The van der Waals surface area contributed by atoms with E-state index < -0.39 is 0 Å². The van der Waals surface area contributed by atoms with Gasteiger partial charge in [-0.2, -0.15) is 0 Å². The van der Waals surface area contributed by atoms with Crippen LogP contribution in [-0.2, 0) is 4.74 Å². The number of hydrogen-bond acceptors (Lipinski definition) is 4. The van der Waals surface area contributed by atoms with Crippen molar-refractivity contribution >= 4 is 44.9 Å². The van der Waals surface area contributed by atoms with Crippen molar-refractivity contribution in [3.8, 4) is 0 Å². The van der Waals surface area contributed by atoms with Crippen LogP contribution in [0.4, 0.5) is 11.5 Å². The predicted octanol–water partition coefficient (Wildman–Crippen LogP) is 5.52. The molecule has 1 aliphatic heterocycles. The normalized spacial score (nSPS) is 14.9. The Morgan fingerprint density at radius 2 is 2.07 bits per heavy atom. The molecule has 0 radical (unpaired) electrons. The van der Waals surface area contributed by atoms with Gasteiger partial charge in [-0.3, -0.25) is 4.79 Å². The lowest BCUT2D eigenvalue weighted by atomic mass is 9.97. The van der Waals surface area contributed by atoms with Gasteiger partial charge in [-0.25, -0.2) is 4.98 Å². The van der Waals surface area contributed by atoms with E-state index >= 15 is 0 Å².